The van der Waals surface area contributed by atoms with E-state index in [-0.39, 0.29) is 5.54 Å². The van der Waals surface area contributed by atoms with Crippen molar-refractivity contribution in [2.45, 2.75) is 39.3 Å². The summed E-state index contributed by atoms with van der Waals surface area (Å²) in [5, 5.41) is 3.31. The molecule has 1 unspecified atom stereocenters. The van der Waals surface area contributed by atoms with Crippen LogP contribution in [0.25, 0.3) is 0 Å². The summed E-state index contributed by atoms with van der Waals surface area (Å²) in [6, 6.07) is 0.392. The van der Waals surface area contributed by atoms with Gasteiger partial charge < -0.3 is 10.3 Å². The molecule has 20 heavy (non-hydrogen) atoms. The number of piperazine rings is 1. The summed E-state index contributed by atoms with van der Waals surface area (Å²) in [5.41, 5.74) is 1.50. The van der Waals surface area contributed by atoms with Gasteiger partial charge in [0.25, 0.3) is 0 Å². The molecular formula is C15H29N5. The average Bonchev–Trinajstić information content (AvgIpc) is 2.81. The smallest absolute Gasteiger partial charge is 0.103 e. The Morgan fingerprint density at radius 2 is 1.95 bits per heavy atom. The Morgan fingerprint density at radius 1 is 1.30 bits per heavy atom. The molecule has 1 aromatic heterocycles. The number of hydrogen-bond donors (Lipinski definition) is 2. The summed E-state index contributed by atoms with van der Waals surface area (Å²) >= 11 is 0. The molecule has 5 heteroatoms. The summed E-state index contributed by atoms with van der Waals surface area (Å²) in [6.45, 7) is 14.4. The molecule has 0 spiro atoms. The average molecular weight is 279 g/mol. The van der Waals surface area contributed by atoms with Gasteiger partial charge in [0.1, 0.15) is 5.82 Å². The highest BCUT2D eigenvalue weighted by atomic mass is 15.3. The zero-order valence-electron chi connectivity index (χ0n) is 13.5. The molecule has 114 valence electrons. The Morgan fingerprint density at radius 3 is 2.40 bits per heavy atom. The third-order valence-electron chi connectivity index (χ3n) is 4.18. The van der Waals surface area contributed by atoms with Crippen LogP contribution < -0.4 is 5.32 Å². The number of hydrogen-bond acceptors (Lipinski definition) is 4. The zero-order valence-corrected chi connectivity index (χ0v) is 13.5. The number of likely N-dealkylation sites (N-methyl/N-ethyl adjacent to an activating group) is 1. The van der Waals surface area contributed by atoms with E-state index in [1.165, 1.54) is 5.69 Å². The van der Waals surface area contributed by atoms with Crippen LogP contribution in [0.15, 0.2) is 6.20 Å². The maximum atomic E-state index is 4.35. The molecule has 1 atom stereocenters. The molecule has 1 aromatic rings. The summed E-state index contributed by atoms with van der Waals surface area (Å²) in [7, 11) is 2.02. The summed E-state index contributed by atoms with van der Waals surface area (Å²) in [5.74, 6) is 0.995. The highest BCUT2D eigenvalue weighted by Gasteiger charge is 2.29. The molecule has 0 radical (unpaired) electrons. The molecule has 2 rings (SSSR count). The number of H-pyrrole nitrogens is 1. The first-order chi connectivity index (χ1) is 9.41. The van der Waals surface area contributed by atoms with Gasteiger partial charge in [-0.15, -0.1) is 0 Å². The van der Waals surface area contributed by atoms with Crippen LogP contribution in [0, 0.1) is 6.92 Å². The fraction of sp³-hybridized carbons (Fsp3) is 0.800. The molecular weight excluding hydrogens is 250 g/mol. The van der Waals surface area contributed by atoms with Crippen LogP contribution in [0.2, 0.25) is 0 Å². The predicted octanol–water partition coefficient (Wildman–Crippen LogP) is 1.39. The molecule has 0 amide bonds. The van der Waals surface area contributed by atoms with Crippen molar-refractivity contribution in [2.75, 3.05) is 39.8 Å². The highest BCUT2D eigenvalue weighted by Crippen LogP contribution is 2.23. The first-order valence-electron chi connectivity index (χ1n) is 7.57. The van der Waals surface area contributed by atoms with Crippen molar-refractivity contribution in [3.05, 3.63) is 17.7 Å². The van der Waals surface area contributed by atoms with Gasteiger partial charge in [-0.1, -0.05) is 0 Å². The summed E-state index contributed by atoms with van der Waals surface area (Å²) < 4.78 is 0. The molecule has 2 heterocycles. The molecule has 0 aromatic carbocycles. The van der Waals surface area contributed by atoms with Crippen molar-refractivity contribution in [1.82, 2.24) is 25.1 Å². The van der Waals surface area contributed by atoms with E-state index in [0.717, 1.165) is 38.5 Å². The molecule has 0 aliphatic carbocycles. The first kappa shape index (κ1) is 15.5. The van der Waals surface area contributed by atoms with Crippen LogP contribution in [0.5, 0.6) is 0 Å². The van der Waals surface area contributed by atoms with Crippen LogP contribution in [-0.2, 0) is 0 Å². The molecule has 1 aliphatic rings. The molecule has 2 N–H and O–H groups in total. The monoisotopic (exact) mass is 279 g/mol. The van der Waals surface area contributed by atoms with Gasteiger partial charge in [-0.3, -0.25) is 9.80 Å². The van der Waals surface area contributed by atoms with Gasteiger partial charge in [-0.05, 0) is 34.7 Å². The minimum absolute atomic E-state index is 0.273. The lowest BCUT2D eigenvalue weighted by Gasteiger charge is -2.44. The maximum absolute atomic E-state index is 4.35. The second-order valence-electron chi connectivity index (χ2n) is 6.69. The van der Waals surface area contributed by atoms with Crippen LogP contribution in [0.1, 0.15) is 38.3 Å². The third kappa shape index (κ3) is 3.59. The van der Waals surface area contributed by atoms with E-state index in [1.807, 2.05) is 20.2 Å². The quantitative estimate of drug-likeness (QED) is 0.874. The van der Waals surface area contributed by atoms with Crippen LogP contribution in [-0.4, -0.2) is 65.1 Å². The van der Waals surface area contributed by atoms with Crippen molar-refractivity contribution in [3.8, 4) is 0 Å². The van der Waals surface area contributed by atoms with Crippen molar-refractivity contribution >= 4 is 0 Å². The third-order valence-corrected chi connectivity index (χ3v) is 4.18. The van der Waals surface area contributed by atoms with E-state index in [0.29, 0.717) is 6.04 Å². The van der Waals surface area contributed by atoms with E-state index >= 15 is 0 Å². The predicted molar refractivity (Wildman–Crippen MR) is 82.9 cm³/mol. The maximum Gasteiger partial charge on any atom is 0.103 e. The minimum Gasteiger partial charge on any atom is -0.345 e. The van der Waals surface area contributed by atoms with Crippen LogP contribution in [0.3, 0.4) is 0 Å². The molecule has 0 saturated carbocycles. The highest BCUT2D eigenvalue weighted by molar-refractivity contribution is 5.08. The van der Waals surface area contributed by atoms with Gasteiger partial charge in [0, 0.05) is 44.5 Å². The van der Waals surface area contributed by atoms with Gasteiger partial charge >= 0.3 is 0 Å². The number of imidazole rings is 1. The largest absolute Gasteiger partial charge is 0.345 e. The Bertz CT molecular complexity index is 412. The van der Waals surface area contributed by atoms with Crippen LogP contribution in [0.4, 0.5) is 0 Å². The molecule has 1 fully saturated rings. The Kier molecular flexibility index (Phi) is 4.83. The standard InChI is InChI=1S/C15H29N5/c1-12-17-10-13(18-12)14(11-16-5)19-6-8-20(9-7-19)15(2,3)4/h10,14,16H,6-9,11H2,1-5H3,(H,17,18). The second-order valence-corrected chi connectivity index (χ2v) is 6.69. The number of rotatable bonds is 4. The fourth-order valence-electron chi connectivity index (χ4n) is 2.94. The molecule has 1 aliphatic heterocycles. The Labute approximate surface area is 122 Å². The van der Waals surface area contributed by atoms with Gasteiger partial charge in [0.05, 0.1) is 11.7 Å². The fourth-order valence-corrected chi connectivity index (χ4v) is 2.94. The van der Waals surface area contributed by atoms with Crippen molar-refractivity contribution in [3.63, 3.8) is 0 Å². The topological polar surface area (TPSA) is 47.2 Å². The lowest BCUT2D eigenvalue weighted by atomic mass is 10.0. The van der Waals surface area contributed by atoms with E-state index < -0.39 is 0 Å². The zero-order chi connectivity index (χ0) is 14.8. The number of aryl methyl sites for hydroxylation is 1. The number of aromatic amines is 1. The number of nitrogens with one attached hydrogen (secondary N) is 2. The van der Waals surface area contributed by atoms with Gasteiger partial charge in [0.2, 0.25) is 0 Å². The summed E-state index contributed by atoms with van der Waals surface area (Å²) in [6.07, 6.45) is 1.98. The minimum atomic E-state index is 0.273. The second kappa shape index (κ2) is 6.24. The number of aromatic nitrogens is 2. The lowest BCUT2D eigenvalue weighted by Crippen LogP contribution is -2.54. The van der Waals surface area contributed by atoms with E-state index in [2.05, 4.69) is 45.9 Å². The molecule has 1 saturated heterocycles. The van der Waals surface area contributed by atoms with E-state index in [1.54, 1.807) is 0 Å². The van der Waals surface area contributed by atoms with Crippen molar-refractivity contribution in [2.24, 2.45) is 0 Å². The molecule has 0 bridgehead atoms. The van der Waals surface area contributed by atoms with Gasteiger partial charge in [-0.2, -0.15) is 0 Å². The Balaban J connectivity index is 2.02. The van der Waals surface area contributed by atoms with Crippen molar-refractivity contribution < 1.29 is 0 Å². The Hall–Kier alpha value is -0.910. The van der Waals surface area contributed by atoms with Gasteiger partial charge in [-0.25, -0.2) is 4.98 Å². The van der Waals surface area contributed by atoms with Gasteiger partial charge in [0.15, 0.2) is 0 Å². The van der Waals surface area contributed by atoms with E-state index in [9.17, 15) is 0 Å². The lowest BCUT2D eigenvalue weighted by molar-refractivity contribution is 0.0411. The first-order valence-corrected chi connectivity index (χ1v) is 7.57. The van der Waals surface area contributed by atoms with E-state index in [4.69, 9.17) is 0 Å². The number of nitrogens with zero attached hydrogens (tertiary/aromatic N) is 3. The molecule has 5 nitrogen and oxygen atoms in total. The summed E-state index contributed by atoms with van der Waals surface area (Å²) in [4.78, 5) is 12.9. The normalized spacial score (nSPS) is 20.2. The van der Waals surface area contributed by atoms with Crippen LogP contribution >= 0.6 is 0 Å². The van der Waals surface area contributed by atoms with Crippen molar-refractivity contribution in [1.29, 1.82) is 0 Å². The SMILES string of the molecule is CNCC(c1cnc(C)[nH]1)N1CCN(C(C)(C)C)CC1.